The molecule has 1 aromatic carbocycles. The smallest absolute Gasteiger partial charge is 0.248 e. The molecule has 3 rings (SSSR count). The summed E-state index contributed by atoms with van der Waals surface area (Å²) in [4.78, 5) is 8.34. The summed E-state index contributed by atoms with van der Waals surface area (Å²) >= 11 is 6.02. The Labute approximate surface area is 138 Å². The summed E-state index contributed by atoms with van der Waals surface area (Å²) in [6.45, 7) is 5.75. The van der Waals surface area contributed by atoms with E-state index < -0.39 is 0 Å². The quantitative estimate of drug-likeness (QED) is 0.794. The van der Waals surface area contributed by atoms with Gasteiger partial charge in [0.1, 0.15) is 17.8 Å². The third-order valence-electron chi connectivity index (χ3n) is 3.38. The molecule has 2 N–H and O–H groups in total. The third-order valence-corrected chi connectivity index (χ3v) is 3.80. The van der Waals surface area contributed by atoms with E-state index in [2.05, 4.69) is 15.1 Å². The Hall–Kier alpha value is -2.60. The number of benzene rings is 1. The molecule has 0 aliphatic rings. The van der Waals surface area contributed by atoms with Crippen LogP contribution in [0.3, 0.4) is 0 Å². The van der Waals surface area contributed by atoms with Gasteiger partial charge >= 0.3 is 0 Å². The molecular formula is C16H16ClN5O. The number of hydrogen-bond donors (Lipinski definition) is 1. The number of nitrogens with two attached hydrogens (primary N) is 1. The second-order valence-corrected chi connectivity index (χ2v) is 5.68. The molecule has 3 aromatic rings. The molecule has 0 radical (unpaired) electrons. The number of nitrogens with zero attached hydrogens (tertiary/aromatic N) is 4. The molecule has 0 aliphatic heterocycles. The zero-order valence-corrected chi connectivity index (χ0v) is 13.8. The predicted molar refractivity (Wildman–Crippen MR) is 89.3 cm³/mol. The number of hydrogen-bond acceptors (Lipinski definition) is 5. The Morgan fingerprint density at radius 1 is 1.13 bits per heavy atom. The zero-order chi connectivity index (χ0) is 16.6. The van der Waals surface area contributed by atoms with Crippen molar-refractivity contribution in [3.05, 3.63) is 52.6 Å². The monoisotopic (exact) mass is 329 g/mol. The molecule has 118 valence electrons. The maximum Gasteiger partial charge on any atom is 0.248 e. The predicted octanol–water partition coefficient (Wildman–Crippen LogP) is 3.62. The summed E-state index contributed by atoms with van der Waals surface area (Å²) in [5, 5.41) is 5.07. The second kappa shape index (κ2) is 5.89. The van der Waals surface area contributed by atoms with Crippen LogP contribution in [-0.2, 0) is 0 Å². The van der Waals surface area contributed by atoms with Crippen LogP contribution in [-0.4, -0.2) is 19.7 Å². The van der Waals surface area contributed by atoms with E-state index in [0.717, 1.165) is 17.0 Å². The largest absolute Gasteiger partial charge is 0.437 e. The molecule has 0 fully saturated rings. The molecular weight excluding hydrogens is 314 g/mol. The van der Waals surface area contributed by atoms with Gasteiger partial charge in [-0.15, -0.1) is 0 Å². The number of aryl methyl sites for hydroxylation is 3. The minimum atomic E-state index is 0.282. The Bertz CT molecular complexity index is 875. The van der Waals surface area contributed by atoms with Crippen LogP contribution in [0.2, 0.25) is 5.02 Å². The van der Waals surface area contributed by atoms with Crippen molar-refractivity contribution in [3.63, 3.8) is 0 Å². The average molecular weight is 330 g/mol. The lowest BCUT2D eigenvalue weighted by Crippen LogP contribution is -2.08. The lowest BCUT2D eigenvalue weighted by Gasteiger charge is -2.11. The summed E-state index contributed by atoms with van der Waals surface area (Å²) in [5.41, 5.74) is 9.23. The molecule has 7 heteroatoms. The van der Waals surface area contributed by atoms with E-state index in [9.17, 15) is 0 Å². The van der Waals surface area contributed by atoms with Gasteiger partial charge in [0.05, 0.1) is 5.69 Å². The number of halogens is 1. The van der Waals surface area contributed by atoms with Crippen molar-refractivity contribution >= 4 is 17.3 Å². The third kappa shape index (κ3) is 2.98. The van der Waals surface area contributed by atoms with Crippen LogP contribution in [0.1, 0.15) is 17.0 Å². The van der Waals surface area contributed by atoms with E-state index in [-0.39, 0.29) is 5.88 Å². The minimum absolute atomic E-state index is 0.282. The van der Waals surface area contributed by atoms with Crippen LogP contribution in [0, 0.1) is 20.8 Å². The van der Waals surface area contributed by atoms with Gasteiger partial charge in [-0.3, -0.25) is 0 Å². The lowest BCUT2D eigenvalue weighted by molar-refractivity contribution is 0.463. The highest BCUT2D eigenvalue weighted by atomic mass is 35.5. The van der Waals surface area contributed by atoms with E-state index in [1.165, 1.54) is 6.33 Å². The number of anilines is 1. The SMILES string of the molecule is Cc1cc(C)n(-c2ncnc(Oc3ccc(Cl)c(C)c3)c2N)n1. The van der Waals surface area contributed by atoms with Crippen molar-refractivity contribution in [3.8, 4) is 17.4 Å². The number of nitrogen functional groups attached to an aromatic ring is 1. The fourth-order valence-corrected chi connectivity index (χ4v) is 2.37. The van der Waals surface area contributed by atoms with Gasteiger partial charge in [-0.2, -0.15) is 10.1 Å². The Kier molecular flexibility index (Phi) is 3.92. The van der Waals surface area contributed by atoms with Crippen LogP contribution in [0.25, 0.3) is 5.82 Å². The highest BCUT2D eigenvalue weighted by Gasteiger charge is 2.15. The first-order chi connectivity index (χ1) is 11.0. The molecule has 0 aliphatic carbocycles. The molecule has 0 saturated carbocycles. The summed E-state index contributed by atoms with van der Waals surface area (Å²) in [6.07, 6.45) is 1.40. The van der Waals surface area contributed by atoms with Gasteiger partial charge in [0, 0.05) is 10.7 Å². The first kappa shape index (κ1) is 15.3. The normalized spacial score (nSPS) is 10.8. The number of rotatable bonds is 3. The average Bonchev–Trinajstić information content (AvgIpc) is 2.84. The van der Waals surface area contributed by atoms with Gasteiger partial charge < -0.3 is 10.5 Å². The van der Waals surface area contributed by atoms with Crippen molar-refractivity contribution in [1.29, 1.82) is 0 Å². The van der Waals surface area contributed by atoms with Crippen LogP contribution < -0.4 is 10.5 Å². The first-order valence-corrected chi connectivity index (χ1v) is 7.41. The van der Waals surface area contributed by atoms with Gasteiger partial charge in [-0.25, -0.2) is 9.67 Å². The first-order valence-electron chi connectivity index (χ1n) is 7.04. The van der Waals surface area contributed by atoms with Gasteiger partial charge in [-0.1, -0.05) is 11.6 Å². The van der Waals surface area contributed by atoms with Gasteiger partial charge in [0.15, 0.2) is 5.82 Å². The summed E-state index contributed by atoms with van der Waals surface area (Å²) < 4.78 is 7.45. The summed E-state index contributed by atoms with van der Waals surface area (Å²) in [5.74, 6) is 1.38. The fraction of sp³-hybridized carbons (Fsp3) is 0.188. The molecule has 2 heterocycles. The van der Waals surface area contributed by atoms with E-state index in [1.54, 1.807) is 16.8 Å². The van der Waals surface area contributed by atoms with Crippen LogP contribution in [0.5, 0.6) is 11.6 Å². The van der Waals surface area contributed by atoms with Gasteiger partial charge in [0.2, 0.25) is 5.88 Å². The Balaban J connectivity index is 1.99. The highest BCUT2D eigenvalue weighted by molar-refractivity contribution is 6.31. The van der Waals surface area contributed by atoms with Crippen LogP contribution in [0.15, 0.2) is 30.6 Å². The van der Waals surface area contributed by atoms with E-state index in [1.807, 2.05) is 32.9 Å². The van der Waals surface area contributed by atoms with E-state index >= 15 is 0 Å². The molecule has 2 aromatic heterocycles. The number of aromatic nitrogens is 4. The Morgan fingerprint density at radius 2 is 1.91 bits per heavy atom. The number of ether oxygens (including phenoxy) is 1. The summed E-state index contributed by atoms with van der Waals surface area (Å²) in [7, 11) is 0. The minimum Gasteiger partial charge on any atom is -0.437 e. The fourth-order valence-electron chi connectivity index (χ4n) is 2.26. The Morgan fingerprint density at radius 3 is 2.57 bits per heavy atom. The highest BCUT2D eigenvalue weighted by Crippen LogP contribution is 2.30. The van der Waals surface area contributed by atoms with E-state index in [0.29, 0.717) is 22.3 Å². The van der Waals surface area contributed by atoms with E-state index in [4.69, 9.17) is 22.1 Å². The maximum absolute atomic E-state index is 6.17. The maximum atomic E-state index is 6.17. The molecule has 0 unspecified atom stereocenters. The van der Waals surface area contributed by atoms with Crippen LogP contribution in [0.4, 0.5) is 5.69 Å². The molecule has 0 amide bonds. The topological polar surface area (TPSA) is 78.8 Å². The van der Waals surface area contributed by atoms with Gasteiger partial charge in [-0.05, 0) is 50.6 Å². The second-order valence-electron chi connectivity index (χ2n) is 5.27. The van der Waals surface area contributed by atoms with Crippen LogP contribution >= 0.6 is 11.6 Å². The molecule has 6 nitrogen and oxygen atoms in total. The molecule has 0 spiro atoms. The van der Waals surface area contributed by atoms with Gasteiger partial charge in [0.25, 0.3) is 0 Å². The lowest BCUT2D eigenvalue weighted by atomic mass is 10.2. The zero-order valence-electron chi connectivity index (χ0n) is 13.0. The molecule has 23 heavy (non-hydrogen) atoms. The summed E-state index contributed by atoms with van der Waals surface area (Å²) in [6, 6.07) is 7.31. The van der Waals surface area contributed by atoms with Crippen molar-refractivity contribution < 1.29 is 4.74 Å². The standard InChI is InChI=1S/C16H16ClN5O/c1-9-6-12(4-5-13(9)17)23-16-14(18)15(19-8-20-16)22-11(3)7-10(2)21-22/h4-8H,18H2,1-3H3. The van der Waals surface area contributed by atoms with Crippen molar-refractivity contribution in [2.45, 2.75) is 20.8 Å². The van der Waals surface area contributed by atoms with Crippen molar-refractivity contribution in [2.75, 3.05) is 5.73 Å². The molecule has 0 saturated heterocycles. The molecule has 0 atom stereocenters. The van der Waals surface area contributed by atoms with Crippen molar-refractivity contribution in [2.24, 2.45) is 0 Å². The van der Waals surface area contributed by atoms with Crippen molar-refractivity contribution in [1.82, 2.24) is 19.7 Å². The molecule has 0 bridgehead atoms.